The van der Waals surface area contributed by atoms with Crippen LogP contribution in [0.1, 0.15) is 0 Å². The van der Waals surface area contributed by atoms with Gasteiger partial charge in [-0.25, -0.2) is 14.4 Å². The highest BCUT2D eigenvalue weighted by Crippen LogP contribution is 2.32. The molecule has 0 aliphatic rings. The molecule has 0 fully saturated rings. The molecule has 0 bridgehead atoms. The van der Waals surface area contributed by atoms with Crippen molar-refractivity contribution in [1.29, 1.82) is 0 Å². The zero-order valence-corrected chi connectivity index (χ0v) is 13.8. The van der Waals surface area contributed by atoms with E-state index in [1.807, 2.05) is 24.3 Å². The van der Waals surface area contributed by atoms with Gasteiger partial charge >= 0.3 is 0 Å². The van der Waals surface area contributed by atoms with Crippen LogP contribution in [0.5, 0.6) is 5.75 Å². The third-order valence-corrected chi connectivity index (χ3v) is 4.35. The molecule has 25 heavy (non-hydrogen) atoms. The summed E-state index contributed by atoms with van der Waals surface area (Å²) in [5.74, 6) is 0.774. The molecule has 2 heterocycles. The minimum Gasteiger partial charge on any atom is -0.497 e. The lowest BCUT2D eigenvalue weighted by atomic mass is 10.2. The SMILES string of the molecule is COc1ccc(-c2nnc(Sc3ncnc4ccc(F)cc34)o2)cc1. The summed E-state index contributed by atoms with van der Waals surface area (Å²) in [6.07, 6.45) is 1.42. The number of hydrogen-bond acceptors (Lipinski definition) is 7. The number of hydrogen-bond donors (Lipinski definition) is 0. The molecule has 124 valence electrons. The summed E-state index contributed by atoms with van der Waals surface area (Å²) in [5.41, 5.74) is 1.42. The molecule has 0 spiro atoms. The first-order chi connectivity index (χ1) is 12.2. The molecule has 6 nitrogen and oxygen atoms in total. The number of halogens is 1. The van der Waals surface area contributed by atoms with E-state index in [-0.39, 0.29) is 5.82 Å². The van der Waals surface area contributed by atoms with E-state index in [2.05, 4.69) is 20.2 Å². The average molecular weight is 354 g/mol. The summed E-state index contributed by atoms with van der Waals surface area (Å²) < 4.78 is 24.3. The quantitative estimate of drug-likeness (QED) is 0.513. The van der Waals surface area contributed by atoms with Crippen molar-refractivity contribution < 1.29 is 13.5 Å². The molecule has 4 aromatic rings. The number of ether oxygens (including phenoxy) is 1. The van der Waals surface area contributed by atoms with E-state index in [4.69, 9.17) is 9.15 Å². The minimum absolute atomic E-state index is 0.315. The van der Waals surface area contributed by atoms with Gasteiger partial charge in [0.25, 0.3) is 5.22 Å². The molecule has 0 atom stereocenters. The number of methoxy groups -OCH3 is 1. The van der Waals surface area contributed by atoms with E-state index in [1.165, 1.54) is 30.2 Å². The molecule has 2 aromatic carbocycles. The van der Waals surface area contributed by atoms with Crippen molar-refractivity contribution >= 4 is 22.7 Å². The van der Waals surface area contributed by atoms with Crippen LogP contribution in [0, 0.1) is 5.82 Å². The second-order valence-corrected chi connectivity index (χ2v) is 5.98. The van der Waals surface area contributed by atoms with E-state index < -0.39 is 0 Å². The van der Waals surface area contributed by atoms with Crippen LogP contribution in [0.3, 0.4) is 0 Å². The van der Waals surface area contributed by atoms with Crippen molar-refractivity contribution in [3.63, 3.8) is 0 Å². The summed E-state index contributed by atoms with van der Waals surface area (Å²) in [4.78, 5) is 8.31. The van der Waals surface area contributed by atoms with Gasteiger partial charge in [-0.1, -0.05) is 0 Å². The van der Waals surface area contributed by atoms with Crippen LogP contribution in [-0.4, -0.2) is 27.3 Å². The Morgan fingerprint density at radius 3 is 2.68 bits per heavy atom. The normalized spacial score (nSPS) is 11.0. The maximum Gasteiger partial charge on any atom is 0.283 e. The van der Waals surface area contributed by atoms with Crippen LogP contribution in [0.25, 0.3) is 22.4 Å². The van der Waals surface area contributed by atoms with Crippen molar-refractivity contribution in [1.82, 2.24) is 20.2 Å². The van der Waals surface area contributed by atoms with Crippen molar-refractivity contribution in [2.75, 3.05) is 7.11 Å². The summed E-state index contributed by atoms with van der Waals surface area (Å²) in [6.45, 7) is 0. The van der Waals surface area contributed by atoms with Gasteiger partial charge in [0, 0.05) is 10.9 Å². The predicted molar refractivity (Wildman–Crippen MR) is 89.9 cm³/mol. The number of benzene rings is 2. The van der Waals surface area contributed by atoms with E-state index in [0.717, 1.165) is 11.3 Å². The summed E-state index contributed by atoms with van der Waals surface area (Å²) in [5, 5.41) is 9.52. The van der Waals surface area contributed by atoms with Gasteiger partial charge in [-0.15, -0.1) is 10.2 Å². The summed E-state index contributed by atoms with van der Waals surface area (Å²) in [6, 6.07) is 11.6. The third kappa shape index (κ3) is 3.16. The zero-order chi connectivity index (χ0) is 17.2. The van der Waals surface area contributed by atoms with Gasteiger partial charge in [-0.3, -0.25) is 0 Å². The van der Waals surface area contributed by atoms with Crippen LogP contribution >= 0.6 is 11.8 Å². The molecule has 0 saturated heterocycles. The van der Waals surface area contributed by atoms with Gasteiger partial charge in [-0.05, 0) is 54.2 Å². The van der Waals surface area contributed by atoms with Gasteiger partial charge < -0.3 is 9.15 Å². The largest absolute Gasteiger partial charge is 0.497 e. The molecule has 0 radical (unpaired) electrons. The maximum absolute atomic E-state index is 13.5. The maximum atomic E-state index is 13.5. The number of rotatable bonds is 4. The van der Waals surface area contributed by atoms with E-state index in [9.17, 15) is 4.39 Å². The Labute approximate surface area is 146 Å². The third-order valence-electron chi connectivity index (χ3n) is 3.49. The molecule has 0 aliphatic carbocycles. The molecule has 2 aromatic heterocycles. The molecule has 8 heteroatoms. The van der Waals surface area contributed by atoms with Gasteiger partial charge in [0.05, 0.1) is 12.6 Å². The Balaban J connectivity index is 1.64. The molecule has 4 rings (SSSR count). The minimum atomic E-state index is -0.353. The van der Waals surface area contributed by atoms with Gasteiger partial charge in [-0.2, -0.15) is 0 Å². The fourth-order valence-corrected chi connectivity index (χ4v) is 3.01. The van der Waals surface area contributed by atoms with Crippen LogP contribution in [0.4, 0.5) is 4.39 Å². The lowest BCUT2D eigenvalue weighted by Crippen LogP contribution is -1.88. The lowest BCUT2D eigenvalue weighted by molar-refractivity contribution is 0.414. The lowest BCUT2D eigenvalue weighted by Gasteiger charge is -2.02. The van der Waals surface area contributed by atoms with Crippen molar-refractivity contribution in [2.24, 2.45) is 0 Å². The van der Waals surface area contributed by atoms with Gasteiger partial charge in [0.2, 0.25) is 5.89 Å². The first-order valence-corrected chi connectivity index (χ1v) is 8.10. The van der Waals surface area contributed by atoms with Gasteiger partial charge in [0.15, 0.2) is 0 Å². The van der Waals surface area contributed by atoms with Crippen LogP contribution in [0.15, 0.2) is 63.5 Å². The highest BCUT2D eigenvalue weighted by molar-refractivity contribution is 7.99. The highest BCUT2D eigenvalue weighted by Gasteiger charge is 2.13. The van der Waals surface area contributed by atoms with Crippen LogP contribution in [0.2, 0.25) is 0 Å². The van der Waals surface area contributed by atoms with E-state index in [1.54, 1.807) is 13.2 Å². The zero-order valence-electron chi connectivity index (χ0n) is 13.0. The molecular weight excluding hydrogens is 343 g/mol. The molecule has 0 N–H and O–H groups in total. The van der Waals surface area contributed by atoms with E-state index >= 15 is 0 Å². The molecule has 0 unspecified atom stereocenters. The van der Waals surface area contributed by atoms with Crippen molar-refractivity contribution in [2.45, 2.75) is 10.2 Å². The Hall–Kier alpha value is -3.00. The predicted octanol–water partition coefficient (Wildman–Crippen LogP) is 3.98. The number of nitrogens with zero attached hydrogens (tertiary/aromatic N) is 4. The monoisotopic (exact) mass is 354 g/mol. The number of fused-ring (bicyclic) bond motifs is 1. The van der Waals surface area contributed by atoms with Crippen molar-refractivity contribution in [3.05, 3.63) is 54.6 Å². The average Bonchev–Trinajstić information content (AvgIpc) is 3.11. The second-order valence-electron chi connectivity index (χ2n) is 5.04. The molecule has 0 aliphatic heterocycles. The summed E-state index contributed by atoms with van der Waals surface area (Å²) in [7, 11) is 1.60. The Bertz CT molecular complexity index is 1040. The topological polar surface area (TPSA) is 73.9 Å². The Kier molecular flexibility index (Phi) is 4.02. The Morgan fingerprint density at radius 2 is 1.88 bits per heavy atom. The molecule has 0 saturated carbocycles. The van der Waals surface area contributed by atoms with Crippen molar-refractivity contribution in [3.8, 4) is 17.2 Å². The standard InChI is InChI=1S/C17H11FN4O2S/c1-23-12-5-2-10(3-6-12)15-21-22-17(24-15)25-16-13-8-11(18)4-7-14(13)19-9-20-16/h2-9H,1H3. The fraction of sp³-hybridized carbons (Fsp3) is 0.0588. The Morgan fingerprint density at radius 1 is 1.04 bits per heavy atom. The van der Waals surface area contributed by atoms with Crippen LogP contribution in [-0.2, 0) is 0 Å². The second kappa shape index (κ2) is 6.48. The highest BCUT2D eigenvalue weighted by atomic mass is 32.2. The summed E-state index contributed by atoms with van der Waals surface area (Å²) >= 11 is 1.17. The fourth-order valence-electron chi connectivity index (χ4n) is 2.27. The molecule has 0 amide bonds. The first-order valence-electron chi connectivity index (χ1n) is 7.29. The van der Waals surface area contributed by atoms with E-state index in [0.29, 0.717) is 27.0 Å². The number of aromatic nitrogens is 4. The van der Waals surface area contributed by atoms with Gasteiger partial charge in [0.1, 0.15) is 22.9 Å². The smallest absolute Gasteiger partial charge is 0.283 e. The molecular formula is C17H11FN4O2S. The van der Waals surface area contributed by atoms with Crippen LogP contribution < -0.4 is 4.74 Å². The first kappa shape index (κ1) is 15.5.